The van der Waals surface area contributed by atoms with Gasteiger partial charge in [-0.25, -0.2) is 10.2 Å². The van der Waals surface area contributed by atoms with Gasteiger partial charge in [-0.1, -0.05) is 24.3 Å². The molecule has 0 spiro atoms. The zero-order valence-corrected chi connectivity index (χ0v) is 14.9. The van der Waals surface area contributed by atoms with E-state index in [1.165, 1.54) is 42.6 Å². The van der Waals surface area contributed by atoms with E-state index in [9.17, 15) is 19.7 Å². The molecule has 0 bridgehead atoms. The van der Waals surface area contributed by atoms with Crippen molar-refractivity contribution in [2.45, 2.75) is 6.42 Å². The van der Waals surface area contributed by atoms with Crippen molar-refractivity contribution < 1.29 is 24.0 Å². The van der Waals surface area contributed by atoms with Gasteiger partial charge in [-0.15, -0.1) is 0 Å². The Labute approximate surface area is 164 Å². The lowest BCUT2D eigenvalue weighted by Gasteiger charge is -2.00. The third-order valence-corrected chi connectivity index (χ3v) is 3.94. The average molecular weight is 393 g/mol. The van der Waals surface area contributed by atoms with Gasteiger partial charge in [-0.2, -0.15) is 5.10 Å². The summed E-state index contributed by atoms with van der Waals surface area (Å²) in [5, 5.41) is 23.4. The first-order chi connectivity index (χ1) is 13.9. The molecular weight excluding hydrogens is 378 g/mol. The number of amides is 1. The number of hydrazone groups is 1. The van der Waals surface area contributed by atoms with Crippen molar-refractivity contribution >= 4 is 23.8 Å². The van der Waals surface area contributed by atoms with Crippen LogP contribution in [0, 0.1) is 10.1 Å². The maximum atomic E-state index is 11.9. The first-order valence-electron chi connectivity index (χ1n) is 8.41. The predicted molar refractivity (Wildman–Crippen MR) is 104 cm³/mol. The van der Waals surface area contributed by atoms with Crippen LogP contribution in [-0.4, -0.2) is 28.1 Å². The summed E-state index contributed by atoms with van der Waals surface area (Å²) in [4.78, 5) is 32.9. The number of non-ortho nitro benzene ring substituents is 1. The number of aromatic carboxylic acids is 1. The highest BCUT2D eigenvalue weighted by Crippen LogP contribution is 2.22. The monoisotopic (exact) mass is 393 g/mol. The molecule has 2 aromatic carbocycles. The summed E-state index contributed by atoms with van der Waals surface area (Å²) in [6.45, 7) is 0. The van der Waals surface area contributed by atoms with E-state index in [0.29, 0.717) is 22.6 Å². The van der Waals surface area contributed by atoms with Gasteiger partial charge in [0.05, 0.1) is 23.1 Å². The number of carbonyl (C=O) groups excluding carboxylic acids is 1. The summed E-state index contributed by atoms with van der Waals surface area (Å²) in [5.41, 5.74) is 3.82. The fourth-order valence-electron chi connectivity index (χ4n) is 2.48. The van der Waals surface area contributed by atoms with E-state index in [4.69, 9.17) is 9.52 Å². The zero-order valence-electron chi connectivity index (χ0n) is 14.9. The molecule has 9 heteroatoms. The molecule has 0 saturated carbocycles. The Morgan fingerprint density at radius 3 is 2.38 bits per heavy atom. The molecule has 29 heavy (non-hydrogen) atoms. The minimum atomic E-state index is -1.01. The number of nitrogens with zero attached hydrogens (tertiary/aromatic N) is 2. The number of nitro benzene ring substituents is 1. The molecule has 3 aromatic rings. The van der Waals surface area contributed by atoms with E-state index in [2.05, 4.69) is 10.5 Å². The topological polar surface area (TPSA) is 135 Å². The molecule has 0 fully saturated rings. The number of nitro groups is 1. The van der Waals surface area contributed by atoms with Crippen LogP contribution in [0.4, 0.5) is 5.69 Å². The minimum absolute atomic E-state index is 0.0225. The molecule has 0 aliphatic heterocycles. The molecular formula is C20H15N3O6. The van der Waals surface area contributed by atoms with Gasteiger partial charge >= 0.3 is 5.97 Å². The number of nitrogens with one attached hydrogen (secondary N) is 1. The normalized spacial score (nSPS) is 10.8. The van der Waals surface area contributed by atoms with E-state index in [1.807, 2.05) is 0 Å². The molecule has 2 N–H and O–H groups in total. The maximum absolute atomic E-state index is 11.9. The van der Waals surface area contributed by atoms with Crippen molar-refractivity contribution in [1.82, 2.24) is 5.43 Å². The van der Waals surface area contributed by atoms with Gasteiger partial charge in [0.15, 0.2) is 0 Å². The number of benzene rings is 2. The number of hydrogen-bond acceptors (Lipinski definition) is 6. The molecule has 0 atom stereocenters. The maximum Gasteiger partial charge on any atom is 0.335 e. The van der Waals surface area contributed by atoms with Crippen LogP contribution in [0.5, 0.6) is 0 Å². The molecule has 0 aliphatic rings. The van der Waals surface area contributed by atoms with Gasteiger partial charge in [0.2, 0.25) is 5.91 Å². The largest absolute Gasteiger partial charge is 0.478 e. The van der Waals surface area contributed by atoms with Crippen LogP contribution in [0.25, 0.3) is 11.3 Å². The Morgan fingerprint density at radius 1 is 1.07 bits per heavy atom. The lowest BCUT2D eigenvalue weighted by atomic mass is 10.1. The van der Waals surface area contributed by atoms with Crippen LogP contribution in [0.3, 0.4) is 0 Å². The molecule has 1 aromatic heterocycles. The van der Waals surface area contributed by atoms with E-state index < -0.39 is 10.9 Å². The molecule has 3 rings (SSSR count). The summed E-state index contributed by atoms with van der Waals surface area (Å²) < 4.78 is 5.59. The van der Waals surface area contributed by atoms with Gasteiger partial charge in [0.1, 0.15) is 11.5 Å². The van der Waals surface area contributed by atoms with Crippen LogP contribution in [0.1, 0.15) is 21.7 Å². The van der Waals surface area contributed by atoms with Crippen LogP contribution in [0.15, 0.2) is 70.2 Å². The average Bonchev–Trinajstić information content (AvgIpc) is 3.17. The van der Waals surface area contributed by atoms with Crippen LogP contribution >= 0.6 is 0 Å². The van der Waals surface area contributed by atoms with E-state index in [-0.39, 0.29) is 23.6 Å². The van der Waals surface area contributed by atoms with Gasteiger partial charge in [-0.3, -0.25) is 14.9 Å². The Hall–Kier alpha value is -4.27. The molecule has 1 amide bonds. The van der Waals surface area contributed by atoms with Crippen LogP contribution in [0.2, 0.25) is 0 Å². The number of furan rings is 1. The highest BCUT2D eigenvalue weighted by Gasteiger charge is 2.08. The fourth-order valence-corrected chi connectivity index (χ4v) is 2.48. The molecule has 146 valence electrons. The molecule has 0 aliphatic carbocycles. The number of carboxylic acid groups (broad SMARTS) is 1. The Bertz CT molecular complexity index is 1070. The number of carboxylic acids is 1. The lowest BCUT2D eigenvalue weighted by Crippen LogP contribution is -2.19. The van der Waals surface area contributed by atoms with Crippen LogP contribution in [-0.2, 0) is 11.2 Å². The highest BCUT2D eigenvalue weighted by molar-refractivity contribution is 5.88. The summed E-state index contributed by atoms with van der Waals surface area (Å²) in [5.74, 6) is -0.460. The predicted octanol–water partition coefficient (Wildman–Crippen LogP) is 3.25. The Morgan fingerprint density at radius 2 is 1.76 bits per heavy atom. The summed E-state index contributed by atoms with van der Waals surface area (Å²) >= 11 is 0. The number of carbonyl (C=O) groups is 2. The van der Waals surface area contributed by atoms with E-state index >= 15 is 0 Å². The third-order valence-electron chi connectivity index (χ3n) is 3.94. The van der Waals surface area contributed by atoms with Crippen molar-refractivity contribution in [2.75, 3.05) is 0 Å². The van der Waals surface area contributed by atoms with Gasteiger partial charge < -0.3 is 9.52 Å². The molecule has 9 nitrogen and oxygen atoms in total. The zero-order chi connectivity index (χ0) is 20.8. The second kappa shape index (κ2) is 8.61. The molecule has 0 radical (unpaired) electrons. The standard InChI is InChI=1S/C20H15N3O6/c24-19(11-13-1-7-16(8-2-13)23(27)28)22-21-12-17-9-10-18(29-17)14-3-5-15(6-4-14)20(25)26/h1-10,12H,11H2,(H,22,24)(H,25,26)/b21-12+. The SMILES string of the molecule is O=C(Cc1ccc([N+](=O)[O-])cc1)N/N=C/c1ccc(-c2ccc(C(=O)O)cc2)o1. The fraction of sp³-hybridized carbons (Fsp3) is 0.0500. The number of rotatable bonds is 7. The van der Waals surface area contributed by atoms with Gasteiger partial charge in [0.25, 0.3) is 5.69 Å². The summed E-state index contributed by atoms with van der Waals surface area (Å²) in [6.07, 6.45) is 1.36. The quantitative estimate of drug-likeness (QED) is 0.359. The second-order valence-corrected chi connectivity index (χ2v) is 5.98. The van der Waals surface area contributed by atoms with Crippen molar-refractivity contribution in [1.29, 1.82) is 0 Å². The first kappa shape index (κ1) is 19.5. The van der Waals surface area contributed by atoms with Crippen molar-refractivity contribution in [3.8, 4) is 11.3 Å². The molecule has 0 unspecified atom stereocenters. The summed E-state index contributed by atoms with van der Waals surface area (Å²) in [6, 6.07) is 15.3. The molecule has 0 saturated heterocycles. The van der Waals surface area contributed by atoms with Crippen molar-refractivity contribution in [2.24, 2.45) is 5.10 Å². The Kier molecular flexibility index (Phi) is 5.79. The molecule has 1 heterocycles. The second-order valence-electron chi connectivity index (χ2n) is 5.98. The van der Waals surface area contributed by atoms with Crippen molar-refractivity contribution in [3.63, 3.8) is 0 Å². The van der Waals surface area contributed by atoms with E-state index in [0.717, 1.165) is 0 Å². The van der Waals surface area contributed by atoms with Gasteiger partial charge in [0, 0.05) is 17.7 Å². The highest BCUT2D eigenvalue weighted by atomic mass is 16.6. The number of hydrogen-bond donors (Lipinski definition) is 2. The van der Waals surface area contributed by atoms with Gasteiger partial charge in [-0.05, 0) is 29.8 Å². The summed E-state index contributed by atoms with van der Waals surface area (Å²) in [7, 11) is 0. The van der Waals surface area contributed by atoms with E-state index in [1.54, 1.807) is 24.3 Å². The van der Waals surface area contributed by atoms with Crippen molar-refractivity contribution in [3.05, 3.63) is 87.7 Å². The first-order valence-corrected chi connectivity index (χ1v) is 8.41. The Balaban J connectivity index is 1.56. The smallest absolute Gasteiger partial charge is 0.335 e. The third kappa shape index (κ3) is 5.13. The lowest BCUT2D eigenvalue weighted by molar-refractivity contribution is -0.384. The van der Waals surface area contributed by atoms with Crippen LogP contribution < -0.4 is 5.43 Å². The minimum Gasteiger partial charge on any atom is -0.478 e.